The van der Waals surface area contributed by atoms with Gasteiger partial charge in [-0.2, -0.15) is 0 Å². The molecule has 0 radical (unpaired) electrons. The lowest BCUT2D eigenvalue weighted by molar-refractivity contribution is 0.750. The zero-order valence-corrected chi connectivity index (χ0v) is 13.2. The average molecular weight is 318 g/mol. The van der Waals surface area contributed by atoms with E-state index >= 15 is 0 Å². The van der Waals surface area contributed by atoms with Crippen LogP contribution in [0.25, 0.3) is 21.3 Å². The molecule has 0 saturated carbocycles. The first-order valence-electron chi connectivity index (χ1n) is 7.38. The molecule has 0 atom stereocenters. The number of thiophene rings is 1. The van der Waals surface area contributed by atoms with Crippen LogP contribution in [0.3, 0.4) is 0 Å². The summed E-state index contributed by atoms with van der Waals surface area (Å²) in [5.41, 5.74) is 4.25. The molecule has 112 valence electrons. The maximum absolute atomic E-state index is 12.4. The summed E-state index contributed by atoms with van der Waals surface area (Å²) < 4.78 is 2.38. The summed E-state index contributed by atoms with van der Waals surface area (Å²) in [5, 5.41) is 1.90. The second kappa shape index (κ2) is 5.82. The van der Waals surface area contributed by atoms with Crippen molar-refractivity contribution in [2.24, 2.45) is 0 Å². The van der Waals surface area contributed by atoms with Gasteiger partial charge in [0.05, 0.1) is 18.4 Å². The van der Waals surface area contributed by atoms with E-state index in [0.717, 1.165) is 11.1 Å². The standard InChI is InChI=1S/C19H14N2OS/c22-19-18-17(10-11-23-18)20-13-21(19)12-14-6-8-16(9-7-14)15-4-2-1-3-5-15/h1-11,13H,12H2. The second-order valence-electron chi connectivity index (χ2n) is 5.38. The first kappa shape index (κ1) is 13.9. The van der Waals surface area contributed by atoms with Gasteiger partial charge >= 0.3 is 0 Å². The lowest BCUT2D eigenvalue weighted by Gasteiger charge is -2.07. The Hall–Kier alpha value is -2.72. The van der Waals surface area contributed by atoms with Crippen LogP contribution in [0.4, 0.5) is 0 Å². The van der Waals surface area contributed by atoms with Gasteiger partial charge in [-0.05, 0) is 28.1 Å². The Morgan fingerprint density at radius 1 is 0.913 bits per heavy atom. The van der Waals surface area contributed by atoms with Crippen LogP contribution in [-0.2, 0) is 6.54 Å². The molecule has 0 bridgehead atoms. The molecular formula is C19H14N2OS. The van der Waals surface area contributed by atoms with Gasteiger partial charge in [-0.25, -0.2) is 4.98 Å². The largest absolute Gasteiger partial charge is 0.294 e. The number of aromatic nitrogens is 2. The smallest absolute Gasteiger partial charge is 0.271 e. The SMILES string of the molecule is O=c1c2sccc2ncn1Cc1ccc(-c2ccccc2)cc1. The van der Waals surface area contributed by atoms with Crippen LogP contribution >= 0.6 is 11.3 Å². The van der Waals surface area contributed by atoms with Gasteiger partial charge in [-0.15, -0.1) is 11.3 Å². The van der Waals surface area contributed by atoms with Crippen molar-refractivity contribution in [1.29, 1.82) is 0 Å². The third-order valence-electron chi connectivity index (χ3n) is 3.85. The molecule has 0 N–H and O–H groups in total. The van der Waals surface area contributed by atoms with Gasteiger partial charge in [0.2, 0.25) is 0 Å². The number of rotatable bonds is 3. The number of benzene rings is 2. The minimum atomic E-state index is 0.0251. The van der Waals surface area contributed by atoms with Crippen LogP contribution in [0.1, 0.15) is 5.56 Å². The van der Waals surface area contributed by atoms with Gasteiger partial charge in [0.25, 0.3) is 5.56 Å². The fourth-order valence-electron chi connectivity index (χ4n) is 2.62. The summed E-state index contributed by atoms with van der Waals surface area (Å²) in [5.74, 6) is 0. The summed E-state index contributed by atoms with van der Waals surface area (Å²) in [6.45, 7) is 0.536. The molecule has 0 unspecified atom stereocenters. The van der Waals surface area contributed by atoms with Crippen molar-refractivity contribution >= 4 is 21.6 Å². The molecule has 0 spiro atoms. The lowest BCUT2D eigenvalue weighted by Crippen LogP contribution is -2.20. The van der Waals surface area contributed by atoms with Crippen molar-refractivity contribution in [3.05, 3.63) is 88.3 Å². The Balaban J connectivity index is 1.63. The van der Waals surface area contributed by atoms with Crippen molar-refractivity contribution in [3.8, 4) is 11.1 Å². The van der Waals surface area contributed by atoms with Crippen molar-refractivity contribution in [1.82, 2.24) is 9.55 Å². The number of hydrogen-bond donors (Lipinski definition) is 0. The van der Waals surface area contributed by atoms with E-state index in [2.05, 4.69) is 41.4 Å². The molecule has 2 heterocycles. The van der Waals surface area contributed by atoms with E-state index in [1.165, 1.54) is 22.5 Å². The molecule has 3 nitrogen and oxygen atoms in total. The Morgan fingerprint density at radius 2 is 1.65 bits per heavy atom. The minimum absolute atomic E-state index is 0.0251. The molecule has 0 amide bonds. The van der Waals surface area contributed by atoms with Gasteiger partial charge in [-0.3, -0.25) is 9.36 Å². The van der Waals surface area contributed by atoms with Gasteiger partial charge in [0.1, 0.15) is 4.70 Å². The summed E-state index contributed by atoms with van der Waals surface area (Å²) in [4.78, 5) is 16.8. The Kier molecular flexibility index (Phi) is 3.52. The first-order valence-corrected chi connectivity index (χ1v) is 8.26. The zero-order chi connectivity index (χ0) is 15.6. The normalized spacial score (nSPS) is 11.0. The third kappa shape index (κ3) is 2.69. The van der Waals surface area contributed by atoms with E-state index in [0.29, 0.717) is 11.2 Å². The highest BCUT2D eigenvalue weighted by atomic mass is 32.1. The van der Waals surface area contributed by atoms with Crippen molar-refractivity contribution in [3.63, 3.8) is 0 Å². The van der Waals surface area contributed by atoms with Crippen LogP contribution in [0, 0.1) is 0 Å². The third-order valence-corrected chi connectivity index (χ3v) is 4.74. The molecule has 4 heteroatoms. The van der Waals surface area contributed by atoms with E-state index in [4.69, 9.17) is 0 Å². The van der Waals surface area contributed by atoms with Crippen LogP contribution in [0.5, 0.6) is 0 Å². The van der Waals surface area contributed by atoms with Crippen LogP contribution in [-0.4, -0.2) is 9.55 Å². The average Bonchev–Trinajstić information content (AvgIpc) is 3.08. The molecule has 0 aliphatic heterocycles. The quantitative estimate of drug-likeness (QED) is 0.568. The maximum atomic E-state index is 12.4. The summed E-state index contributed by atoms with van der Waals surface area (Å²) >= 11 is 1.44. The molecule has 0 saturated heterocycles. The summed E-state index contributed by atoms with van der Waals surface area (Å²) in [6, 6.07) is 20.4. The van der Waals surface area contributed by atoms with Gasteiger partial charge in [0, 0.05) is 0 Å². The van der Waals surface area contributed by atoms with E-state index in [1.54, 1.807) is 10.9 Å². The Bertz CT molecular complexity index is 1000. The minimum Gasteiger partial charge on any atom is -0.294 e. The first-order chi connectivity index (χ1) is 11.3. The molecule has 0 aliphatic rings. The van der Waals surface area contributed by atoms with Crippen molar-refractivity contribution in [2.75, 3.05) is 0 Å². The molecular weight excluding hydrogens is 304 g/mol. The number of hydrogen-bond acceptors (Lipinski definition) is 3. The van der Waals surface area contributed by atoms with E-state index in [1.807, 2.05) is 29.6 Å². The predicted octanol–water partition coefficient (Wildman–Crippen LogP) is 4.17. The van der Waals surface area contributed by atoms with Crippen molar-refractivity contribution < 1.29 is 0 Å². The maximum Gasteiger partial charge on any atom is 0.271 e. The van der Waals surface area contributed by atoms with Gasteiger partial charge in [-0.1, -0.05) is 54.6 Å². The lowest BCUT2D eigenvalue weighted by atomic mass is 10.0. The van der Waals surface area contributed by atoms with E-state index in [9.17, 15) is 4.79 Å². The van der Waals surface area contributed by atoms with Gasteiger partial charge in [0.15, 0.2) is 0 Å². The van der Waals surface area contributed by atoms with E-state index in [-0.39, 0.29) is 5.56 Å². The fraction of sp³-hybridized carbons (Fsp3) is 0.0526. The van der Waals surface area contributed by atoms with Gasteiger partial charge < -0.3 is 0 Å². The molecule has 2 aromatic heterocycles. The van der Waals surface area contributed by atoms with Crippen molar-refractivity contribution in [2.45, 2.75) is 6.54 Å². The molecule has 4 aromatic rings. The Labute approximate surface area is 137 Å². The highest BCUT2D eigenvalue weighted by molar-refractivity contribution is 7.17. The highest BCUT2D eigenvalue weighted by Gasteiger charge is 2.06. The molecule has 4 rings (SSSR count). The summed E-state index contributed by atoms with van der Waals surface area (Å²) in [7, 11) is 0. The molecule has 0 fully saturated rings. The zero-order valence-electron chi connectivity index (χ0n) is 12.3. The molecule has 23 heavy (non-hydrogen) atoms. The predicted molar refractivity (Wildman–Crippen MR) is 94.9 cm³/mol. The fourth-order valence-corrected chi connectivity index (χ4v) is 3.41. The number of fused-ring (bicyclic) bond motifs is 1. The second-order valence-corrected chi connectivity index (χ2v) is 6.29. The van der Waals surface area contributed by atoms with E-state index < -0.39 is 0 Å². The topological polar surface area (TPSA) is 34.9 Å². The monoisotopic (exact) mass is 318 g/mol. The molecule has 0 aliphatic carbocycles. The highest BCUT2D eigenvalue weighted by Crippen LogP contribution is 2.19. The molecule has 2 aromatic carbocycles. The van der Waals surface area contributed by atoms with Crippen LogP contribution < -0.4 is 5.56 Å². The van der Waals surface area contributed by atoms with Crippen LogP contribution in [0.2, 0.25) is 0 Å². The summed E-state index contributed by atoms with van der Waals surface area (Å²) in [6.07, 6.45) is 1.63. The Morgan fingerprint density at radius 3 is 2.43 bits per heavy atom. The number of nitrogens with zero attached hydrogens (tertiary/aromatic N) is 2. The van der Waals surface area contributed by atoms with Crippen LogP contribution in [0.15, 0.2) is 77.2 Å².